The smallest absolute Gasteiger partial charge is 0.294 e. The molecule has 0 fully saturated rings. The van der Waals surface area contributed by atoms with Crippen LogP contribution in [0, 0.1) is 11.3 Å². The van der Waals surface area contributed by atoms with E-state index in [2.05, 4.69) is 25.3 Å². The maximum atomic E-state index is 12.8. The number of carbonyl (C=O) groups excluding carboxylic acids is 1. The van der Waals surface area contributed by atoms with Crippen LogP contribution in [0.5, 0.6) is 0 Å². The summed E-state index contributed by atoms with van der Waals surface area (Å²) in [6.45, 7) is 0. The van der Waals surface area contributed by atoms with Crippen molar-refractivity contribution in [3.63, 3.8) is 0 Å². The fraction of sp³-hybridized carbons (Fsp3) is 0.0476. The number of pyridine rings is 1. The monoisotopic (exact) mass is 446 g/mol. The lowest BCUT2D eigenvalue weighted by atomic mass is 10.1. The topological polar surface area (TPSA) is 152 Å². The molecule has 0 bridgehead atoms. The van der Waals surface area contributed by atoms with E-state index < -0.39 is 15.7 Å². The van der Waals surface area contributed by atoms with Gasteiger partial charge in [-0.25, -0.2) is 23.4 Å². The van der Waals surface area contributed by atoms with Crippen LogP contribution in [0.3, 0.4) is 0 Å². The van der Waals surface area contributed by atoms with Gasteiger partial charge in [-0.3, -0.25) is 9.78 Å². The molecule has 4 rings (SSSR count). The van der Waals surface area contributed by atoms with Crippen LogP contribution < -0.4 is 5.32 Å². The SMILES string of the molecule is CS(=O)(=O)c1ccc(-c2ncoc2C(=O)Nc2cc(C#N)nc(-c3ccccn3)n2)cc1. The number of nitrogens with zero attached hydrogens (tertiary/aromatic N) is 5. The number of sulfone groups is 1. The third-order valence-corrected chi connectivity index (χ3v) is 5.43. The number of aromatic nitrogens is 4. The number of amides is 1. The summed E-state index contributed by atoms with van der Waals surface area (Å²) in [6.07, 6.45) is 3.77. The van der Waals surface area contributed by atoms with E-state index in [9.17, 15) is 18.5 Å². The quantitative estimate of drug-likeness (QED) is 0.487. The van der Waals surface area contributed by atoms with Crippen molar-refractivity contribution >= 4 is 21.6 Å². The third-order valence-electron chi connectivity index (χ3n) is 4.31. The largest absolute Gasteiger partial charge is 0.438 e. The number of oxazole rings is 1. The zero-order chi connectivity index (χ0) is 22.7. The Kier molecular flexibility index (Phi) is 5.44. The van der Waals surface area contributed by atoms with Crippen molar-refractivity contribution in [1.29, 1.82) is 5.26 Å². The Morgan fingerprint density at radius 2 is 1.88 bits per heavy atom. The first-order chi connectivity index (χ1) is 15.3. The summed E-state index contributed by atoms with van der Waals surface area (Å²) in [7, 11) is -3.36. The lowest BCUT2D eigenvalue weighted by Gasteiger charge is -2.07. The fourth-order valence-corrected chi connectivity index (χ4v) is 3.45. The van der Waals surface area contributed by atoms with Gasteiger partial charge in [0.05, 0.1) is 4.90 Å². The minimum Gasteiger partial charge on any atom is -0.438 e. The van der Waals surface area contributed by atoms with E-state index in [1.807, 2.05) is 6.07 Å². The number of rotatable bonds is 5. The van der Waals surface area contributed by atoms with Crippen molar-refractivity contribution in [1.82, 2.24) is 19.9 Å². The van der Waals surface area contributed by atoms with Crippen LogP contribution in [0.25, 0.3) is 22.8 Å². The molecule has 32 heavy (non-hydrogen) atoms. The molecule has 0 aliphatic rings. The molecule has 1 amide bonds. The number of nitrogens with one attached hydrogen (secondary N) is 1. The van der Waals surface area contributed by atoms with E-state index in [0.717, 1.165) is 12.6 Å². The highest BCUT2D eigenvalue weighted by Crippen LogP contribution is 2.25. The van der Waals surface area contributed by atoms with Gasteiger partial charge in [0.2, 0.25) is 5.76 Å². The first kappa shape index (κ1) is 20.8. The molecule has 0 aliphatic carbocycles. The summed E-state index contributed by atoms with van der Waals surface area (Å²) in [4.78, 5) is 29.6. The second-order valence-corrected chi connectivity index (χ2v) is 8.59. The van der Waals surface area contributed by atoms with Crippen LogP contribution >= 0.6 is 0 Å². The Morgan fingerprint density at radius 1 is 1.09 bits per heavy atom. The average molecular weight is 446 g/mol. The highest BCUT2D eigenvalue weighted by atomic mass is 32.2. The fourth-order valence-electron chi connectivity index (χ4n) is 2.82. The zero-order valence-corrected chi connectivity index (χ0v) is 17.4. The molecule has 3 aromatic heterocycles. The van der Waals surface area contributed by atoms with Gasteiger partial charge in [-0.2, -0.15) is 5.26 Å². The number of anilines is 1. The molecule has 0 saturated heterocycles. The number of hydrogen-bond acceptors (Lipinski definition) is 9. The van der Waals surface area contributed by atoms with E-state index in [0.29, 0.717) is 11.3 Å². The Balaban J connectivity index is 1.64. The molecular weight excluding hydrogens is 432 g/mol. The Bertz CT molecular complexity index is 1440. The van der Waals surface area contributed by atoms with Crippen LogP contribution in [-0.4, -0.2) is 40.5 Å². The molecule has 10 nitrogen and oxygen atoms in total. The molecule has 0 saturated carbocycles. The van der Waals surface area contributed by atoms with Crippen LogP contribution in [0.15, 0.2) is 70.4 Å². The Hall–Kier alpha value is -4.43. The van der Waals surface area contributed by atoms with Crippen molar-refractivity contribution < 1.29 is 17.6 Å². The molecule has 0 spiro atoms. The number of benzene rings is 1. The van der Waals surface area contributed by atoms with E-state index >= 15 is 0 Å². The summed E-state index contributed by atoms with van der Waals surface area (Å²) in [5, 5.41) is 11.9. The van der Waals surface area contributed by atoms with Crippen LogP contribution in [0.4, 0.5) is 5.82 Å². The van der Waals surface area contributed by atoms with Crippen molar-refractivity contribution in [2.75, 3.05) is 11.6 Å². The molecular formula is C21H14N6O4S. The second kappa shape index (κ2) is 8.37. The third kappa shape index (κ3) is 4.35. The zero-order valence-electron chi connectivity index (χ0n) is 16.6. The summed E-state index contributed by atoms with van der Waals surface area (Å²) in [6, 6.07) is 14.3. The predicted octanol–water partition coefficient (Wildman–Crippen LogP) is 2.72. The minimum absolute atomic E-state index is 0.0464. The minimum atomic E-state index is -3.36. The van der Waals surface area contributed by atoms with E-state index in [1.165, 1.54) is 30.3 Å². The maximum absolute atomic E-state index is 12.8. The Labute approximate surface area is 182 Å². The summed E-state index contributed by atoms with van der Waals surface area (Å²) < 4.78 is 28.6. The molecule has 1 N–H and O–H groups in total. The Morgan fingerprint density at radius 3 is 2.53 bits per heavy atom. The number of carbonyl (C=O) groups is 1. The molecule has 0 radical (unpaired) electrons. The molecule has 0 atom stereocenters. The maximum Gasteiger partial charge on any atom is 0.294 e. The number of hydrogen-bond donors (Lipinski definition) is 1. The van der Waals surface area contributed by atoms with Gasteiger partial charge in [-0.1, -0.05) is 18.2 Å². The lowest BCUT2D eigenvalue weighted by molar-refractivity contribution is 0.0997. The van der Waals surface area contributed by atoms with Gasteiger partial charge >= 0.3 is 0 Å². The van der Waals surface area contributed by atoms with Crippen LogP contribution in [-0.2, 0) is 9.84 Å². The van der Waals surface area contributed by atoms with E-state index in [1.54, 1.807) is 24.4 Å². The molecule has 158 valence electrons. The average Bonchev–Trinajstić information content (AvgIpc) is 3.29. The molecule has 3 heterocycles. The van der Waals surface area contributed by atoms with Gasteiger partial charge in [0, 0.05) is 24.1 Å². The van der Waals surface area contributed by atoms with Gasteiger partial charge in [0.25, 0.3) is 5.91 Å². The number of nitriles is 1. The van der Waals surface area contributed by atoms with E-state index in [4.69, 9.17) is 4.42 Å². The van der Waals surface area contributed by atoms with Crippen molar-refractivity contribution in [2.45, 2.75) is 4.90 Å². The summed E-state index contributed by atoms with van der Waals surface area (Å²) in [5.41, 5.74) is 1.20. The molecule has 1 aromatic carbocycles. The lowest BCUT2D eigenvalue weighted by Crippen LogP contribution is -2.14. The van der Waals surface area contributed by atoms with Gasteiger partial charge < -0.3 is 9.73 Å². The molecule has 11 heteroatoms. The second-order valence-electron chi connectivity index (χ2n) is 6.57. The highest BCUT2D eigenvalue weighted by Gasteiger charge is 2.20. The van der Waals surface area contributed by atoms with Gasteiger partial charge in [-0.05, 0) is 24.3 Å². The predicted molar refractivity (Wildman–Crippen MR) is 113 cm³/mol. The van der Waals surface area contributed by atoms with Gasteiger partial charge in [0.1, 0.15) is 29.0 Å². The van der Waals surface area contributed by atoms with Crippen LogP contribution in [0.2, 0.25) is 0 Å². The molecule has 4 aromatic rings. The molecule has 0 aliphatic heterocycles. The van der Waals surface area contributed by atoms with Crippen molar-refractivity contribution in [3.8, 4) is 28.8 Å². The first-order valence-electron chi connectivity index (χ1n) is 9.11. The van der Waals surface area contributed by atoms with Gasteiger partial charge in [0.15, 0.2) is 22.1 Å². The highest BCUT2D eigenvalue weighted by molar-refractivity contribution is 7.90. The first-order valence-corrected chi connectivity index (χ1v) is 11.0. The normalized spacial score (nSPS) is 11.0. The standard InChI is InChI=1S/C21H14N6O4S/c1-32(29,30)15-7-5-13(6-8-15)18-19(31-12-24-18)21(28)27-17-10-14(11-22)25-20(26-17)16-4-2-3-9-23-16/h2-10,12H,1H3,(H,25,26,27,28). The molecule has 0 unspecified atom stereocenters. The van der Waals surface area contributed by atoms with E-state index in [-0.39, 0.29) is 33.7 Å². The summed E-state index contributed by atoms with van der Waals surface area (Å²) in [5.74, 6) is -0.501. The van der Waals surface area contributed by atoms with Crippen LogP contribution in [0.1, 0.15) is 16.2 Å². The van der Waals surface area contributed by atoms with Crippen molar-refractivity contribution in [3.05, 3.63) is 72.6 Å². The summed E-state index contributed by atoms with van der Waals surface area (Å²) >= 11 is 0. The van der Waals surface area contributed by atoms with Crippen molar-refractivity contribution in [2.24, 2.45) is 0 Å². The van der Waals surface area contributed by atoms with Gasteiger partial charge in [-0.15, -0.1) is 0 Å².